The molecule has 4 rings (SSSR count). The van der Waals surface area contributed by atoms with Crippen LogP contribution in [0.4, 0.5) is 5.69 Å². The van der Waals surface area contributed by atoms with Crippen LogP contribution in [0, 0.1) is 0 Å². The van der Waals surface area contributed by atoms with E-state index in [0.29, 0.717) is 24.8 Å². The highest BCUT2D eigenvalue weighted by Gasteiger charge is 2.30. The van der Waals surface area contributed by atoms with Crippen LogP contribution in [0.1, 0.15) is 12.8 Å². The summed E-state index contributed by atoms with van der Waals surface area (Å²) in [6, 6.07) is 17.4. The Labute approximate surface area is 176 Å². The molecule has 1 N–H and O–H groups in total. The molecule has 1 atom stereocenters. The van der Waals surface area contributed by atoms with E-state index in [1.54, 1.807) is 0 Å². The third-order valence-corrected chi connectivity index (χ3v) is 5.53. The van der Waals surface area contributed by atoms with E-state index < -0.39 is 0 Å². The minimum atomic E-state index is -0.247. The lowest BCUT2D eigenvalue weighted by atomic mass is 10.2. The molecule has 0 radical (unpaired) electrons. The van der Waals surface area contributed by atoms with Crippen molar-refractivity contribution < 1.29 is 14.3 Å². The average molecular weight is 412 g/mol. The van der Waals surface area contributed by atoms with Crippen molar-refractivity contribution in [1.82, 2.24) is 9.80 Å². The normalized spacial score (nSPS) is 19.1. The number of para-hydroxylation sites is 1. The number of piperazine rings is 1. The van der Waals surface area contributed by atoms with E-state index in [4.69, 9.17) is 21.7 Å². The Bertz CT molecular complexity index is 830. The highest BCUT2D eigenvalue weighted by Crippen LogP contribution is 2.23. The van der Waals surface area contributed by atoms with Crippen molar-refractivity contribution in [3.63, 3.8) is 0 Å². The molecule has 0 bridgehead atoms. The number of benzene rings is 2. The van der Waals surface area contributed by atoms with Gasteiger partial charge >= 0.3 is 0 Å². The van der Waals surface area contributed by atoms with Gasteiger partial charge in [-0.05, 0) is 61.5 Å². The Morgan fingerprint density at radius 1 is 0.966 bits per heavy atom. The Kier molecular flexibility index (Phi) is 6.27. The summed E-state index contributed by atoms with van der Waals surface area (Å²) >= 11 is 5.56. The average Bonchev–Trinajstić information content (AvgIpc) is 3.30. The number of hydrogen-bond acceptors (Lipinski definition) is 4. The zero-order chi connectivity index (χ0) is 20.1. The predicted molar refractivity (Wildman–Crippen MR) is 116 cm³/mol. The molecule has 2 heterocycles. The molecule has 1 unspecified atom stereocenters. The van der Waals surface area contributed by atoms with E-state index in [1.807, 2.05) is 59.5 Å². The van der Waals surface area contributed by atoms with Gasteiger partial charge in [-0.3, -0.25) is 4.79 Å². The van der Waals surface area contributed by atoms with Gasteiger partial charge in [0.2, 0.25) is 0 Å². The number of rotatable bonds is 4. The molecule has 7 heteroatoms. The van der Waals surface area contributed by atoms with Gasteiger partial charge in [0.25, 0.3) is 5.91 Å². The molecule has 0 saturated carbocycles. The van der Waals surface area contributed by atoms with Gasteiger partial charge in [0.1, 0.15) is 17.6 Å². The van der Waals surface area contributed by atoms with Crippen LogP contribution in [-0.2, 0) is 9.53 Å². The van der Waals surface area contributed by atoms with Crippen molar-refractivity contribution in [2.45, 2.75) is 18.9 Å². The molecule has 2 fully saturated rings. The second-order valence-electron chi connectivity index (χ2n) is 7.18. The molecule has 0 aliphatic carbocycles. The second-order valence-corrected chi connectivity index (χ2v) is 7.57. The maximum absolute atomic E-state index is 12.5. The number of carbonyl (C=O) groups is 1. The van der Waals surface area contributed by atoms with Crippen molar-refractivity contribution >= 4 is 28.9 Å². The molecule has 1 amide bonds. The van der Waals surface area contributed by atoms with E-state index in [1.165, 1.54) is 0 Å². The van der Waals surface area contributed by atoms with Crippen molar-refractivity contribution in [2.75, 3.05) is 38.1 Å². The quantitative estimate of drug-likeness (QED) is 0.778. The minimum absolute atomic E-state index is 0.120. The summed E-state index contributed by atoms with van der Waals surface area (Å²) in [4.78, 5) is 16.4. The molecule has 6 nitrogen and oxygen atoms in total. The lowest BCUT2D eigenvalue weighted by Crippen LogP contribution is -2.53. The smallest absolute Gasteiger partial charge is 0.251 e. The first-order chi connectivity index (χ1) is 14.2. The standard InChI is InChI=1S/C22H25N3O3S/c26-21(20-7-4-16-27-20)24-12-14-25(15-13-24)22(29)23-17-8-10-19(11-9-17)28-18-5-2-1-3-6-18/h1-3,5-6,8-11,20H,4,7,12-16H2,(H,23,29). The van der Waals surface area contributed by atoms with Crippen LogP contribution in [0.25, 0.3) is 0 Å². The zero-order valence-electron chi connectivity index (χ0n) is 16.3. The minimum Gasteiger partial charge on any atom is -0.457 e. The van der Waals surface area contributed by atoms with Gasteiger partial charge in [-0.2, -0.15) is 0 Å². The molecule has 0 aromatic heterocycles. The second kappa shape index (κ2) is 9.24. The largest absolute Gasteiger partial charge is 0.457 e. The Balaban J connectivity index is 1.26. The lowest BCUT2D eigenvalue weighted by Gasteiger charge is -2.37. The molecule has 2 saturated heterocycles. The van der Waals surface area contributed by atoms with Crippen LogP contribution in [0.5, 0.6) is 11.5 Å². The van der Waals surface area contributed by atoms with Crippen LogP contribution >= 0.6 is 12.2 Å². The first-order valence-corrected chi connectivity index (χ1v) is 10.4. The summed E-state index contributed by atoms with van der Waals surface area (Å²) in [5, 5.41) is 3.95. The Hall–Kier alpha value is -2.64. The molecule has 2 aliphatic rings. The van der Waals surface area contributed by atoms with Gasteiger partial charge in [-0.25, -0.2) is 0 Å². The summed E-state index contributed by atoms with van der Waals surface area (Å²) < 4.78 is 11.3. The maximum atomic E-state index is 12.5. The fraction of sp³-hybridized carbons (Fsp3) is 0.364. The Morgan fingerprint density at radius 2 is 1.62 bits per heavy atom. The molecule has 2 aromatic carbocycles. The van der Waals surface area contributed by atoms with Gasteiger partial charge in [-0.15, -0.1) is 0 Å². The van der Waals surface area contributed by atoms with E-state index in [0.717, 1.165) is 43.1 Å². The number of nitrogens with one attached hydrogen (secondary N) is 1. The monoisotopic (exact) mass is 411 g/mol. The van der Waals surface area contributed by atoms with E-state index in [2.05, 4.69) is 10.2 Å². The summed E-state index contributed by atoms with van der Waals surface area (Å²) in [5.74, 6) is 1.70. The fourth-order valence-electron chi connectivity index (χ4n) is 3.54. The SMILES string of the molecule is O=C(C1CCCO1)N1CCN(C(=S)Nc2ccc(Oc3ccccc3)cc2)CC1. The van der Waals surface area contributed by atoms with E-state index in [-0.39, 0.29) is 12.0 Å². The number of ether oxygens (including phenoxy) is 2. The van der Waals surface area contributed by atoms with Crippen molar-refractivity contribution in [2.24, 2.45) is 0 Å². The van der Waals surface area contributed by atoms with Crippen LogP contribution in [0.15, 0.2) is 54.6 Å². The number of anilines is 1. The van der Waals surface area contributed by atoms with Crippen LogP contribution < -0.4 is 10.1 Å². The van der Waals surface area contributed by atoms with Gasteiger partial charge in [0.05, 0.1) is 0 Å². The molecule has 152 valence electrons. The van der Waals surface area contributed by atoms with Crippen LogP contribution in [-0.4, -0.2) is 59.7 Å². The first kappa shape index (κ1) is 19.7. The topological polar surface area (TPSA) is 54.0 Å². The van der Waals surface area contributed by atoms with Crippen molar-refractivity contribution in [3.05, 3.63) is 54.6 Å². The summed E-state index contributed by atoms with van der Waals surface area (Å²) in [5.41, 5.74) is 0.910. The fourth-order valence-corrected chi connectivity index (χ4v) is 3.84. The molecular formula is C22H25N3O3S. The van der Waals surface area contributed by atoms with Gasteiger partial charge in [0, 0.05) is 38.5 Å². The summed E-state index contributed by atoms with van der Waals surface area (Å²) in [6.07, 6.45) is 1.56. The van der Waals surface area contributed by atoms with Crippen molar-refractivity contribution in [3.8, 4) is 11.5 Å². The molecule has 0 spiro atoms. The number of carbonyl (C=O) groups excluding carboxylic acids is 1. The number of amides is 1. The third-order valence-electron chi connectivity index (χ3n) is 5.17. The maximum Gasteiger partial charge on any atom is 0.251 e. The molecule has 29 heavy (non-hydrogen) atoms. The lowest BCUT2D eigenvalue weighted by molar-refractivity contribution is -0.142. The van der Waals surface area contributed by atoms with Crippen LogP contribution in [0.3, 0.4) is 0 Å². The Morgan fingerprint density at radius 3 is 2.28 bits per heavy atom. The number of nitrogens with zero attached hydrogens (tertiary/aromatic N) is 2. The number of thiocarbonyl (C=S) groups is 1. The highest BCUT2D eigenvalue weighted by molar-refractivity contribution is 7.80. The highest BCUT2D eigenvalue weighted by atomic mass is 32.1. The molecule has 2 aromatic rings. The summed E-state index contributed by atoms with van der Waals surface area (Å²) in [6.45, 7) is 3.48. The van der Waals surface area contributed by atoms with Crippen LogP contribution in [0.2, 0.25) is 0 Å². The zero-order valence-corrected chi connectivity index (χ0v) is 17.1. The first-order valence-electron chi connectivity index (χ1n) is 9.98. The van der Waals surface area contributed by atoms with Crippen molar-refractivity contribution in [1.29, 1.82) is 0 Å². The van der Waals surface area contributed by atoms with E-state index >= 15 is 0 Å². The van der Waals surface area contributed by atoms with Gasteiger partial charge in [0.15, 0.2) is 5.11 Å². The predicted octanol–water partition coefficient (Wildman–Crippen LogP) is 3.50. The molecular weight excluding hydrogens is 386 g/mol. The summed E-state index contributed by atoms with van der Waals surface area (Å²) in [7, 11) is 0. The molecule has 2 aliphatic heterocycles. The van der Waals surface area contributed by atoms with E-state index in [9.17, 15) is 4.79 Å². The van der Waals surface area contributed by atoms with Gasteiger partial charge < -0.3 is 24.6 Å². The third kappa shape index (κ3) is 5.05. The number of hydrogen-bond donors (Lipinski definition) is 1. The van der Waals surface area contributed by atoms with Gasteiger partial charge in [-0.1, -0.05) is 18.2 Å².